The van der Waals surface area contributed by atoms with Crippen molar-refractivity contribution in [3.63, 3.8) is 0 Å². The first kappa shape index (κ1) is 12.8. The van der Waals surface area contributed by atoms with E-state index in [1.54, 1.807) is 12.0 Å². The van der Waals surface area contributed by atoms with Crippen molar-refractivity contribution in [3.05, 3.63) is 0 Å². The Morgan fingerprint density at radius 1 is 1.47 bits per heavy atom. The normalized spacial score (nSPS) is 31.6. The molecule has 1 amide bonds. The van der Waals surface area contributed by atoms with Crippen LogP contribution >= 0.6 is 0 Å². The van der Waals surface area contributed by atoms with Crippen LogP contribution in [0.15, 0.2) is 0 Å². The third-order valence-electron chi connectivity index (χ3n) is 3.31. The Balaban J connectivity index is 2.04. The molecule has 2 unspecified atom stereocenters. The molecule has 0 radical (unpaired) electrons. The van der Waals surface area contributed by atoms with Gasteiger partial charge in [0.05, 0.1) is 24.1 Å². The van der Waals surface area contributed by atoms with Crippen molar-refractivity contribution in [1.82, 2.24) is 10.2 Å². The number of piperazine rings is 1. The molecule has 0 bridgehead atoms. The number of amides is 1. The van der Waals surface area contributed by atoms with Crippen LogP contribution < -0.4 is 5.32 Å². The zero-order valence-corrected chi connectivity index (χ0v) is 10.7. The molecule has 0 saturated carbocycles. The third kappa shape index (κ3) is 2.78. The fraction of sp³-hybridized carbons (Fsp3) is 0.900. The van der Waals surface area contributed by atoms with Gasteiger partial charge in [-0.3, -0.25) is 4.79 Å². The number of nitrogens with zero attached hydrogens (tertiary/aromatic N) is 1. The average Bonchev–Trinajstić information content (AvgIpc) is 2.56. The summed E-state index contributed by atoms with van der Waals surface area (Å²) in [5, 5.41) is 3.01. The van der Waals surface area contributed by atoms with E-state index in [4.69, 9.17) is 4.74 Å². The van der Waals surface area contributed by atoms with Crippen LogP contribution in [0.2, 0.25) is 0 Å². The molecule has 17 heavy (non-hydrogen) atoms. The lowest BCUT2D eigenvalue weighted by Crippen LogP contribution is -2.60. The highest BCUT2D eigenvalue weighted by Gasteiger charge is 2.45. The Kier molecular flexibility index (Phi) is 3.70. The van der Waals surface area contributed by atoms with E-state index in [0.717, 1.165) is 6.42 Å². The van der Waals surface area contributed by atoms with Crippen LogP contribution in [0.25, 0.3) is 0 Å². The molecule has 2 rings (SSSR count). The molecule has 2 aliphatic rings. The van der Waals surface area contributed by atoms with E-state index in [0.29, 0.717) is 13.2 Å². The van der Waals surface area contributed by atoms with Gasteiger partial charge in [-0.05, 0) is 6.42 Å². The van der Waals surface area contributed by atoms with Crippen LogP contribution in [-0.4, -0.2) is 69.6 Å². The first-order valence-electron chi connectivity index (χ1n) is 5.76. The second-order valence-electron chi connectivity index (χ2n) is 4.57. The smallest absolute Gasteiger partial charge is 0.236 e. The SMILES string of the molecule is COCCCN1C(=O)CNC2CS(=O)(=O)CC21. The lowest BCUT2D eigenvalue weighted by atomic mass is 10.1. The molecule has 7 heteroatoms. The number of hydrogen-bond acceptors (Lipinski definition) is 5. The standard InChI is InChI=1S/C10H18N2O4S/c1-16-4-2-3-12-9-7-17(14,15)6-8(9)11-5-10(12)13/h8-9,11H,2-7H2,1H3. The fourth-order valence-electron chi connectivity index (χ4n) is 2.51. The molecule has 1 N–H and O–H groups in total. The minimum Gasteiger partial charge on any atom is -0.385 e. The number of hydrogen-bond donors (Lipinski definition) is 1. The van der Waals surface area contributed by atoms with E-state index in [-0.39, 0.29) is 36.0 Å². The van der Waals surface area contributed by atoms with Gasteiger partial charge in [0.2, 0.25) is 5.91 Å². The maximum atomic E-state index is 11.8. The first-order chi connectivity index (χ1) is 8.03. The molecule has 0 aromatic carbocycles. The Bertz CT molecular complexity index is 395. The maximum Gasteiger partial charge on any atom is 0.236 e. The molecule has 2 fully saturated rings. The number of carbonyl (C=O) groups excluding carboxylic acids is 1. The molecule has 0 aliphatic carbocycles. The lowest BCUT2D eigenvalue weighted by molar-refractivity contribution is -0.135. The van der Waals surface area contributed by atoms with Gasteiger partial charge in [-0.15, -0.1) is 0 Å². The van der Waals surface area contributed by atoms with Crippen LogP contribution in [0, 0.1) is 0 Å². The molecular formula is C10H18N2O4S. The van der Waals surface area contributed by atoms with E-state index < -0.39 is 9.84 Å². The molecule has 0 aromatic heterocycles. The number of ether oxygens (including phenoxy) is 1. The zero-order valence-electron chi connectivity index (χ0n) is 9.89. The molecule has 0 aromatic rings. The van der Waals surface area contributed by atoms with E-state index >= 15 is 0 Å². The predicted octanol–water partition coefficient (Wildman–Crippen LogP) is -1.38. The van der Waals surface area contributed by atoms with E-state index in [1.165, 1.54) is 0 Å². The minimum atomic E-state index is -3.00. The summed E-state index contributed by atoms with van der Waals surface area (Å²) in [6, 6.07) is -0.293. The van der Waals surface area contributed by atoms with Crippen molar-refractivity contribution in [2.75, 3.05) is 38.3 Å². The Hall–Kier alpha value is -0.660. The third-order valence-corrected chi connectivity index (χ3v) is 5.02. The number of nitrogens with one attached hydrogen (secondary N) is 1. The number of methoxy groups -OCH3 is 1. The Morgan fingerprint density at radius 3 is 2.94 bits per heavy atom. The van der Waals surface area contributed by atoms with Crippen LogP contribution in [0.3, 0.4) is 0 Å². The number of carbonyl (C=O) groups is 1. The topological polar surface area (TPSA) is 75.7 Å². The first-order valence-corrected chi connectivity index (χ1v) is 7.58. The van der Waals surface area contributed by atoms with Gasteiger partial charge in [-0.1, -0.05) is 0 Å². The van der Waals surface area contributed by atoms with Crippen molar-refractivity contribution in [2.45, 2.75) is 18.5 Å². The van der Waals surface area contributed by atoms with Gasteiger partial charge in [0, 0.05) is 26.3 Å². The molecular weight excluding hydrogens is 244 g/mol. The second kappa shape index (κ2) is 4.91. The summed E-state index contributed by atoms with van der Waals surface area (Å²) >= 11 is 0. The van der Waals surface area contributed by atoms with Crippen molar-refractivity contribution >= 4 is 15.7 Å². The largest absolute Gasteiger partial charge is 0.385 e. The van der Waals surface area contributed by atoms with Crippen LogP contribution in [0.5, 0.6) is 0 Å². The quantitative estimate of drug-likeness (QED) is 0.632. The lowest BCUT2D eigenvalue weighted by Gasteiger charge is -2.37. The van der Waals surface area contributed by atoms with Crippen LogP contribution in [0.4, 0.5) is 0 Å². The summed E-state index contributed by atoms with van der Waals surface area (Å²) in [6.07, 6.45) is 0.742. The monoisotopic (exact) mass is 262 g/mol. The zero-order chi connectivity index (χ0) is 12.5. The highest BCUT2D eigenvalue weighted by Crippen LogP contribution is 2.21. The molecule has 6 nitrogen and oxygen atoms in total. The van der Waals surface area contributed by atoms with E-state index in [9.17, 15) is 13.2 Å². The highest BCUT2D eigenvalue weighted by molar-refractivity contribution is 7.91. The Morgan fingerprint density at radius 2 is 2.24 bits per heavy atom. The molecule has 98 valence electrons. The van der Waals surface area contributed by atoms with Crippen molar-refractivity contribution in [2.24, 2.45) is 0 Å². The second-order valence-corrected chi connectivity index (χ2v) is 6.72. The number of fused-ring (bicyclic) bond motifs is 1. The molecule has 2 aliphatic heterocycles. The summed E-state index contributed by atoms with van der Waals surface area (Å²) in [6.45, 7) is 1.40. The van der Waals surface area contributed by atoms with Crippen molar-refractivity contribution in [1.29, 1.82) is 0 Å². The highest BCUT2D eigenvalue weighted by atomic mass is 32.2. The summed E-state index contributed by atoms with van der Waals surface area (Å²) in [7, 11) is -1.39. The van der Waals surface area contributed by atoms with Crippen molar-refractivity contribution in [3.8, 4) is 0 Å². The van der Waals surface area contributed by atoms with Crippen molar-refractivity contribution < 1.29 is 17.9 Å². The molecule has 2 saturated heterocycles. The summed E-state index contributed by atoms with van der Waals surface area (Å²) < 4.78 is 28.1. The van der Waals surface area contributed by atoms with Crippen LogP contribution in [-0.2, 0) is 19.4 Å². The molecule has 0 spiro atoms. The van der Waals surface area contributed by atoms with Gasteiger partial charge < -0.3 is 15.0 Å². The summed E-state index contributed by atoms with van der Waals surface area (Å²) in [4.78, 5) is 13.5. The van der Waals surface area contributed by atoms with Gasteiger partial charge in [-0.2, -0.15) is 0 Å². The van der Waals surface area contributed by atoms with Gasteiger partial charge in [0.1, 0.15) is 0 Å². The number of rotatable bonds is 4. The minimum absolute atomic E-state index is 0.0144. The number of sulfone groups is 1. The van der Waals surface area contributed by atoms with Gasteiger partial charge in [0.25, 0.3) is 0 Å². The average molecular weight is 262 g/mol. The maximum absolute atomic E-state index is 11.8. The van der Waals surface area contributed by atoms with Gasteiger partial charge >= 0.3 is 0 Å². The predicted molar refractivity (Wildman–Crippen MR) is 62.4 cm³/mol. The summed E-state index contributed by atoms with van der Waals surface area (Å²) in [5.41, 5.74) is 0. The van der Waals surface area contributed by atoms with Gasteiger partial charge in [-0.25, -0.2) is 8.42 Å². The van der Waals surface area contributed by atoms with E-state index in [2.05, 4.69) is 5.32 Å². The van der Waals surface area contributed by atoms with Gasteiger partial charge in [0.15, 0.2) is 9.84 Å². The van der Waals surface area contributed by atoms with E-state index in [1.807, 2.05) is 0 Å². The fourth-order valence-corrected chi connectivity index (χ4v) is 4.46. The Labute approximate surface area is 101 Å². The summed E-state index contributed by atoms with van der Waals surface area (Å²) in [5.74, 6) is 0.217. The molecule has 2 atom stereocenters. The molecule has 2 heterocycles. The van der Waals surface area contributed by atoms with Crippen LogP contribution in [0.1, 0.15) is 6.42 Å².